The van der Waals surface area contributed by atoms with E-state index in [1.54, 1.807) is 18.2 Å². The van der Waals surface area contributed by atoms with Crippen LogP contribution in [0.25, 0.3) is 0 Å². The molecule has 98 valence electrons. The summed E-state index contributed by atoms with van der Waals surface area (Å²) in [6.07, 6.45) is 0. The molecule has 3 N–H and O–H groups in total. The molecule has 19 heavy (non-hydrogen) atoms. The van der Waals surface area contributed by atoms with E-state index in [-0.39, 0.29) is 0 Å². The number of amides is 1. The fourth-order valence-corrected chi connectivity index (χ4v) is 2.06. The Morgan fingerprint density at radius 3 is 2.53 bits per heavy atom. The van der Waals surface area contributed by atoms with Gasteiger partial charge in [-0.1, -0.05) is 39.7 Å². The van der Waals surface area contributed by atoms with Crippen LogP contribution >= 0.6 is 27.5 Å². The first-order chi connectivity index (χ1) is 9.06. The zero-order chi connectivity index (χ0) is 13.8. The summed E-state index contributed by atoms with van der Waals surface area (Å²) in [5, 5.41) is 3.75. The second-order valence-electron chi connectivity index (χ2n) is 4.04. The van der Waals surface area contributed by atoms with E-state index in [0.29, 0.717) is 22.8 Å². The lowest BCUT2D eigenvalue weighted by molar-refractivity contribution is 0.100. The number of hydrogen-bond acceptors (Lipinski definition) is 2. The highest BCUT2D eigenvalue weighted by Crippen LogP contribution is 2.23. The van der Waals surface area contributed by atoms with E-state index < -0.39 is 5.91 Å². The van der Waals surface area contributed by atoms with Gasteiger partial charge in [0.2, 0.25) is 5.91 Å². The minimum Gasteiger partial charge on any atom is -0.380 e. The molecule has 0 bridgehead atoms. The number of anilines is 1. The maximum atomic E-state index is 11.1. The first kappa shape index (κ1) is 13.9. The second kappa shape index (κ2) is 6.08. The molecule has 0 aliphatic rings. The van der Waals surface area contributed by atoms with Crippen molar-refractivity contribution in [1.82, 2.24) is 0 Å². The largest absolute Gasteiger partial charge is 0.380 e. The average molecular weight is 340 g/mol. The molecule has 0 saturated carbocycles. The van der Waals surface area contributed by atoms with Crippen LogP contribution in [0.4, 0.5) is 5.69 Å². The van der Waals surface area contributed by atoms with Crippen molar-refractivity contribution in [2.75, 3.05) is 5.32 Å². The molecule has 1 amide bonds. The molecule has 2 aromatic carbocycles. The molecule has 0 aromatic heterocycles. The fraction of sp³-hybridized carbons (Fsp3) is 0.0714. The molecule has 0 fully saturated rings. The van der Waals surface area contributed by atoms with E-state index in [9.17, 15) is 4.79 Å². The van der Waals surface area contributed by atoms with Crippen molar-refractivity contribution in [1.29, 1.82) is 0 Å². The van der Waals surface area contributed by atoms with Gasteiger partial charge in [-0.05, 0) is 35.9 Å². The molecule has 0 spiro atoms. The maximum absolute atomic E-state index is 11.1. The lowest BCUT2D eigenvalue weighted by Gasteiger charge is -2.09. The molecule has 2 aromatic rings. The summed E-state index contributed by atoms with van der Waals surface area (Å²) in [7, 11) is 0. The topological polar surface area (TPSA) is 55.1 Å². The summed E-state index contributed by atoms with van der Waals surface area (Å²) < 4.78 is 1.03. The second-order valence-corrected chi connectivity index (χ2v) is 5.36. The standard InChI is InChI=1S/C14H12BrClN2O/c15-11-4-1-9(2-5-11)8-18-13-7-10(14(17)19)3-6-12(13)16/h1-7,18H,8H2,(H2,17,19). The summed E-state index contributed by atoms with van der Waals surface area (Å²) >= 11 is 9.46. The monoisotopic (exact) mass is 338 g/mol. The predicted octanol–water partition coefficient (Wildman–Crippen LogP) is 3.81. The number of nitrogens with two attached hydrogens (primary N) is 1. The fourth-order valence-electron chi connectivity index (χ4n) is 1.61. The molecule has 0 radical (unpaired) electrons. The van der Waals surface area contributed by atoms with Crippen molar-refractivity contribution in [2.45, 2.75) is 6.54 Å². The van der Waals surface area contributed by atoms with Gasteiger partial charge in [-0.3, -0.25) is 4.79 Å². The van der Waals surface area contributed by atoms with E-state index in [2.05, 4.69) is 21.2 Å². The van der Waals surface area contributed by atoms with Crippen molar-refractivity contribution in [3.63, 3.8) is 0 Å². The Bertz CT molecular complexity index is 599. The first-order valence-electron chi connectivity index (χ1n) is 5.64. The molecule has 0 heterocycles. The Labute approximate surface area is 124 Å². The van der Waals surface area contributed by atoms with Crippen molar-refractivity contribution in [3.8, 4) is 0 Å². The van der Waals surface area contributed by atoms with Crippen LogP contribution in [-0.4, -0.2) is 5.91 Å². The van der Waals surface area contributed by atoms with Crippen molar-refractivity contribution < 1.29 is 4.79 Å². The minimum atomic E-state index is -0.469. The van der Waals surface area contributed by atoms with E-state index >= 15 is 0 Å². The van der Waals surface area contributed by atoms with Gasteiger partial charge in [0.25, 0.3) is 0 Å². The Morgan fingerprint density at radius 1 is 1.21 bits per heavy atom. The first-order valence-corrected chi connectivity index (χ1v) is 6.81. The molecular weight excluding hydrogens is 328 g/mol. The molecule has 0 atom stereocenters. The predicted molar refractivity (Wildman–Crippen MR) is 81.4 cm³/mol. The SMILES string of the molecule is NC(=O)c1ccc(Cl)c(NCc2ccc(Br)cc2)c1. The van der Waals surface area contributed by atoms with Gasteiger partial charge in [0.05, 0.1) is 10.7 Å². The van der Waals surface area contributed by atoms with E-state index in [1.807, 2.05) is 24.3 Å². The Kier molecular flexibility index (Phi) is 4.45. The Morgan fingerprint density at radius 2 is 1.89 bits per heavy atom. The third-order valence-electron chi connectivity index (χ3n) is 2.65. The molecule has 3 nitrogen and oxygen atoms in total. The average Bonchev–Trinajstić information content (AvgIpc) is 2.39. The number of benzene rings is 2. The summed E-state index contributed by atoms with van der Waals surface area (Å²) in [5.74, 6) is -0.469. The van der Waals surface area contributed by atoms with Crippen molar-refractivity contribution in [3.05, 3.63) is 63.1 Å². The van der Waals surface area contributed by atoms with Crippen LogP contribution in [0.2, 0.25) is 5.02 Å². The minimum absolute atomic E-state index is 0.433. The molecule has 0 aliphatic heterocycles. The number of rotatable bonds is 4. The summed E-state index contributed by atoms with van der Waals surface area (Å²) in [4.78, 5) is 11.1. The summed E-state index contributed by atoms with van der Waals surface area (Å²) in [6, 6.07) is 12.9. The smallest absolute Gasteiger partial charge is 0.248 e. The number of nitrogens with one attached hydrogen (secondary N) is 1. The van der Waals surface area contributed by atoms with Crippen molar-refractivity contribution >= 4 is 39.1 Å². The van der Waals surface area contributed by atoms with Gasteiger partial charge in [-0.2, -0.15) is 0 Å². The number of carbonyl (C=O) groups excluding carboxylic acids is 1. The number of halogens is 2. The third-order valence-corrected chi connectivity index (χ3v) is 3.51. The maximum Gasteiger partial charge on any atom is 0.248 e. The molecule has 2 rings (SSSR count). The van der Waals surface area contributed by atoms with Gasteiger partial charge in [0.1, 0.15) is 0 Å². The van der Waals surface area contributed by atoms with Gasteiger partial charge in [0, 0.05) is 16.6 Å². The van der Waals surface area contributed by atoms with Gasteiger partial charge in [-0.15, -0.1) is 0 Å². The highest BCUT2D eigenvalue weighted by atomic mass is 79.9. The Balaban J connectivity index is 2.12. The van der Waals surface area contributed by atoms with E-state index in [1.165, 1.54) is 0 Å². The van der Waals surface area contributed by atoms with Crippen LogP contribution in [-0.2, 0) is 6.54 Å². The summed E-state index contributed by atoms with van der Waals surface area (Å²) in [5.41, 5.74) is 7.48. The number of hydrogen-bond donors (Lipinski definition) is 2. The van der Waals surface area contributed by atoms with Gasteiger partial charge >= 0.3 is 0 Å². The van der Waals surface area contributed by atoms with Gasteiger partial charge < -0.3 is 11.1 Å². The normalized spacial score (nSPS) is 10.2. The quantitative estimate of drug-likeness (QED) is 0.890. The molecule has 5 heteroatoms. The lowest BCUT2D eigenvalue weighted by atomic mass is 10.1. The van der Waals surface area contributed by atoms with Crippen LogP contribution < -0.4 is 11.1 Å². The summed E-state index contributed by atoms with van der Waals surface area (Å²) in [6.45, 7) is 0.620. The molecule has 0 saturated heterocycles. The molecular formula is C14H12BrClN2O. The number of carbonyl (C=O) groups is 1. The van der Waals surface area contributed by atoms with Crippen LogP contribution in [0.1, 0.15) is 15.9 Å². The van der Waals surface area contributed by atoms with E-state index in [0.717, 1.165) is 10.0 Å². The molecule has 0 aliphatic carbocycles. The van der Waals surface area contributed by atoms with Crippen molar-refractivity contribution in [2.24, 2.45) is 5.73 Å². The Hall–Kier alpha value is -1.52. The molecule has 0 unspecified atom stereocenters. The van der Waals surface area contributed by atoms with Gasteiger partial charge in [-0.25, -0.2) is 0 Å². The zero-order valence-corrected chi connectivity index (χ0v) is 12.3. The number of primary amides is 1. The lowest BCUT2D eigenvalue weighted by Crippen LogP contribution is -2.11. The zero-order valence-electron chi connectivity index (χ0n) is 9.99. The highest BCUT2D eigenvalue weighted by Gasteiger charge is 2.05. The van der Waals surface area contributed by atoms with Gasteiger partial charge in [0.15, 0.2) is 0 Å². The highest BCUT2D eigenvalue weighted by molar-refractivity contribution is 9.10. The van der Waals surface area contributed by atoms with E-state index in [4.69, 9.17) is 17.3 Å². The van der Waals surface area contributed by atoms with Crippen LogP contribution in [0.5, 0.6) is 0 Å². The van der Waals surface area contributed by atoms with Crippen LogP contribution in [0, 0.1) is 0 Å². The third kappa shape index (κ3) is 3.72. The van der Waals surface area contributed by atoms with Crippen LogP contribution in [0.3, 0.4) is 0 Å². The van der Waals surface area contributed by atoms with Crippen LogP contribution in [0.15, 0.2) is 46.9 Å².